The van der Waals surface area contributed by atoms with Gasteiger partial charge >= 0.3 is 0 Å². The number of hydrogen-bond donors (Lipinski definition) is 3. The van der Waals surface area contributed by atoms with Crippen LogP contribution in [0, 0.1) is 12.8 Å². The number of nitrogens with zero attached hydrogens (tertiary/aromatic N) is 3. The summed E-state index contributed by atoms with van der Waals surface area (Å²) in [7, 11) is 0. The van der Waals surface area contributed by atoms with Crippen molar-refractivity contribution >= 4 is 51.0 Å². The molecule has 4 heterocycles. The monoisotopic (exact) mass is 546 g/mol. The minimum atomic E-state index is -0.227. The lowest BCUT2D eigenvalue weighted by atomic mass is 9.90. The van der Waals surface area contributed by atoms with Crippen molar-refractivity contribution in [3.05, 3.63) is 53.1 Å². The van der Waals surface area contributed by atoms with Crippen LogP contribution in [0.4, 0.5) is 0 Å². The van der Waals surface area contributed by atoms with E-state index in [1.165, 1.54) is 17.4 Å². The van der Waals surface area contributed by atoms with Gasteiger partial charge in [0.05, 0.1) is 34.9 Å². The molecule has 10 heteroatoms. The first-order valence-electron chi connectivity index (χ1n) is 13.3. The fraction of sp³-hybridized carbons (Fsp3) is 0.379. The normalized spacial score (nSPS) is 17.4. The van der Waals surface area contributed by atoms with Crippen molar-refractivity contribution < 1.29 is 14.3 Å². The van der Waals surface area contributed by atoms with Crippen molar-refractivity contribution in [1.82, 2.24) is 30.2 Å². The summed E-state index contributed by atoms with van der Waals surface area (Å²) in [5.41, 5.74) is 4.03. The molecule has 1 saturated carbocycles. The lowest BCUT2D eigenvalue weighted by Crippen LogP contribution is -2.52. The third-order valence-electron chi connectivity index (χ3n) is 7.02. The highest BCUT2D eigenvalue weighted by atomic mass is 32.1. The molecule has 5 rings (SSSR count). The van der Waals surface area contributed by atoms with E-state index in [9.17, 15) is 9.59 Å². The molecular formula is C29H34N6O3S. The van der Waals surface area contributed by atoms with E-state index in [1.807, 2.05) is 23.6 Å². The maximum atomic E-state index is 13.6. The third-order valence-corrected chi connectivity index (χ3v) is 8.11. The largest absolute Gasteiger partial charge is 0.477 e. The Morgan fingerprint density at radius 3 is 2.69 bits per heavy atom. The first-order valence-corrected chi connectivity index (χ1v) is 14.1. The van der Waals surface area contributed by atoms with Crippen LogP contribution in [0.25, 0.3) is 33.5 Å². The Kier molecular flexibility index (Phi) is 7.56. The summed E-state index contributed by atoms with van der Waals surface area (Å²) in [5, 5.41) is 7.01. The van der Waals surface area contributed by atoms with Crippen molar-refractivity contribution in [1.29, 1.82) is 0 Å². The van der Waals surface area contributed by atoms with Gasteiger partial charge in [0, 0.05) is 24.3 Å². The zero-order valence-corrected chi connectivity index (χ0v) is 23.4. The summed E-state index contributed by atoms with van der Waals surface area (Å²) in [5.74, 6) is 0.568. The Morgan fingerprint density at radius 2 is 2.00 bits per heavy atom. The van der Waals surface area contributed by atoms with Crippen molar-refractivity contribution in [3.8, 4) is 11.6 Å². The van der Waals surface area contributed by atoms with E-state index in [2.05, 4.69) is 52.6 Å². The Balaban J connectivity index is 1.51. The van der Waals surface area contributed by atoms with Gasteiger partial charge in [-0.3, -0.25) is 14.2 Å². The number of nitrogens with one attached hydrogen (secondary N) is 3. The number of thiophene rings is 1. The van der Waals surface area contributed by atoms with Crippen molar-refractivity contribution in [2.75, 3.05) is 6.61 Å². The summed E-state index contributed by atoms with van der Waals surface area (Å²) >= 11 is 1.34. The molecule has 204 valence electrons. The van der Waals surface area contributed by atoms with Crippen molar-refractivity contribution in [2.45, 2.75) is 58.5 Å². The van der Waals surface area contributed by atoms with Gasteiger partial charge in [-0.15, -0.1) is 11.3 Å². The quantitative estimate of drug-likeness (QED) is 0.285. The van der Waals surface area contributed by atoms with Gasteiger partial charge in [-0.1, -0.05) is 39.8 Å². The zero-order chi connectivity index (χ0) is 27.7. The molecule has 1 aliphatic carbocycles. The average molecular weight is 547 g/mol. The number of ether oxygens (including phenoxy) is 1. The van der Waals surface area contributed by atoms with Gasteiger partial charge in [0.1, 0.15) is 15.2 Å². The van der Waals surface area contributed by atoms with Crippen LogP contribution in [0.5, 0.6) is 5.88 Å². The standard InChI is InChI=1S/C29H34N6O3S/c1-6-23(36)33-19-9-7-8-10-20(19)34-28(37)27-26-25-21(11-12-30-29(25)39-27)35(18(5)32-26)22-14-31-24(13-17(22)4)38-15-16(2)3/h6,11-14,16,19-20,32H,1,5,7-10,15H2,2-4H3,(H,33,36)(H,34,37)/t19-,20+/m0/s1. The van der Waals surface area contributed by atoms with E-state index >= 15 is 0 Å². The van der Waals surface area contributed by atoms with E-state index in [0.717, 1.165) is 52.7 Å². The Bertz CT molecular complexity index is 1610. The van der Waals surface area contributed by atoms with Crippen LogP contribution in [0.15, 0.2) is 37.2 Å². The molecule has 0 unspecified atom stereocenters. The van der Waals surface area contributed by atoms with Crippen LogP contribution in [0.3, 0.4) is 0 Å². The fourth-order valence-corrected chi connectivity index (χ4v) is 6.16. The molecule has 3 N–H and O–H groups in total. The van der Waals surface area contributed by atoms with Gasteiger partial charge in [-0.05, 0) is 43.4 Å². The van der Waals surface area contributed by atoms with Crippen molar-refractivity contribution in [2.24, 2.45) is 5.92 Å². The molecule has 1 fully saturated rings. The number of amides is 2. The van der Waals surface area contributed by atoms with E-state index in [1.54, 1.807) is 12.4 Å². The van der Waals surface area contributed by atoms with Gasteiger partial charge in [-0.25, -0.2) is 9.97 Å². The van der Waals surface area contributed by atoms with Crippen LogP contribution in [-0.4, -0.2) is 50.0 Å². The lowest BCUT2D eigenvalue weighted by molar-refractivity contribution is -0.117. The van der Waals surface area contributed by atoms with E-state index in [-0.39, 0.29) is 23.9 Å². The molecule has 0 bridgehead atoms. The second kappa shape index (κ2) is 11.1. The summed E-state index contributed by atoms with van der Waals surface area (Å²) < 4.78 is 7.81. The number of pyridine rings is 2. The zero-order valence-electron chi connectivity index (χ0n) is 22.5. The summed E-state index contributed by atoms with van der Waals surface area (Å²) in [6.07, 6.45) is 8.41. The number of hydrogen-bond acceptors (Lipinski definition) is 6. The molecule has 0 radical (unpaired) electrons. The van der Waals surface area contributed by atoms with Gasteiger partial charge in [0.25, 0.3) is 5.91 Å². The molecular weight excluding hydrogens is 512 g/mol. The number of aromatic amines is 1. The summed E-state index contributed by atoms with van der Waals surface area (Å²) in [6, 6.07) is 3.57. The highest BCUT2D eigenvalue weighted by molar-refractivity contribution is 7.21. The molecule has 4 aromatic rings. The molecule has 2 atom stereocenters. The second-order valence-electron chi connectivity index (χ2n) is 10.4. The molecule has 39 heavy (non-hydrogen) atoms. The molecule has 2 amide bonds. The predicted octanol–water partition coefficient (Wildman–Crippen LogP) is 4.34. The summed E-state index contributed by atoms with van der Waals surface area (Å²) in [4.78, 5) is 39.3. The minimum Gasteiger partial charge on any atom is -0.477 e. The molecule has 4 aromatic heterocycles. The molecule has 0 aliphatic heterocycles. The van der Waals surface area contributed by atoms with Crippen LogP contribution in [0.2, 0.25) is 0 Å². The van der Waals surface area contributed by atoms with Crippen LogP contribution >= 0.6 is 11.3 Å². The highest BCUT2D eigenvalue weighted by Gasteiger charge is 2.29. The minimum absolute atomic E-state index is 0.131. The van der Waals surface area contributed by atoms with E-state index in [0.29, 0.717) is 34.3 Å². The van der Waals surface area contributed by atoms with Crippen molar-refractivity contribution in [3.63, 3.8) is 0 Å². The SMILES string of the molecule is C=CC(=O)N[C@H]1CCCC[C@H]1NC(=O)c1sc2nccc3c2c1[nH]c(=C)n3-c1cnc(OCC(C)C)cc1C. The molecule has 9 nitrogen and oxygen atoms in total. The van der Waals surface area contributed by atoms with Crippen LogP contribution in [-0.2, 0) is 4.79 Å². The van der Waals surface area contributed by atoms with E-state index < -0.39 is 0 Å². The van der Waals surface area contributed by atoms with Gasteiger partial charge in [-0.2, -0.15) is 0 Å². The predicted molar refractivity (Wildman–Crippen MR) is 155 cm³/mol. The number of carbonyl (C=O) groups is 2. The number of aryl methyl sites for hydroxylation is 1. The number of H-pyrrole nitrogens is 1. The Morgan fingerprint density at radius 1 is 1.26 bits per heavy atom. The van der Waals surface area contributed by atoms with Gasteiger partial charge in [0.2, 0.25) is 11.8 Å². The highest BCUT2D eigenvalue weighted by Crippen LogP contribution is 2.34. The molecule has 0 aromatic carbocycles. The number of rotatable bonds is 8. The topological polar surface area (TPSA) is 114 Å². The first kappa shape index (κ1) is 26.7. The van der Waals surface area contributed by atoms with E-state index in [4.69, 9.17) is 4.74 Å². The molecule has 0 spiro atoms. The van der Waals surface area contributed by atoms with Crippen LogP contribution < -0.4 is 20.9 Å². The van der Waals surface area contributed by atoms with Gasteiger partial charge < -0.3 is 20.4 Å². The second-order valence-corrected chi connectivity index (χ2v) is 11.4. The maximum Gasteiger partial charge on any atom is 0.263 e. The number of aromatic nitrogens is 4. The third kappa shape index (κ3) is 5.34. The smallest absolute Gasteiger partial charge is 0.263 e. The lowest BCUT2D eigenvalue weighted by Gasteiger charge is -2.32. The Labute approximate surface area is 231 Å². The van der Waals surface area contributed by atoms with Gasteiger partial charge in [0.15, 0.2) is 0 Å². The molecule has 1 aliphatic rings. The van der Waals surface area contributed by atoms with Crippen LogP contribution in [0.1, 0.15) is 54.8 Å². The first-order chi connectivity index (χ1) is 18.8. The molecule has 0 saturated heterocycles. The fourth-order valence-electron chi connectivity index (χ4n) is 5.13. The summed E-state index contributed by atoms with van der Waals surface area (Å²) in [6.45, 7) is 14.6. The maximum absolute atomic E-state index is 13.6. The Hall–Kier alpha value is -3.92. The number of carbonyl (C=O) groups excluding carboxylic acids is 2. The average Bonchev–Trinajstić information content (AvgIpc) is 3.29.